The second kappa shape index (κ2) is 5.56. The molecule has 4 heteroatoms. The van der Waals surface area contributed by atoms with E-state index in [2.05, 4.69) is 17.4 Å². The Hall–Kier alpha value is -1.00. The third kappa shape index (κ3) is 3.75. The molecule has 17 heavy (non-hydrogen) atoms. The smallest absolute Gasteiger partial charge is 0.230 e. The van der Waals surface area contributed by atoms with Gasteiger partial charge >= 0.3 is 0 Å². The number of aliphatic hydroxyl groups is 1. The lowest BCUT2D eigenvalue weighted by atomic mass is 10.2. The standard InChI is InChI=1S/C13H17NO2S/c15-10-13(6-7-13)14-12(16)9-17-8-11-4-2-1-3-5-11/h1-5,15H,6-10H2,(H,14,16). The minimum Gasteiger partial charge on any atom is -0.394 e. The number of carbonyl (C=O) groups excluding carboxylic acids is 1. The summed E-state index contributed by atoms with van der Waals surface area (Å²) < 4.78 is 0. The summed E-state index contributed by atoms with van der Waals surface area (Å²) in [5.41, 5.74) is 0.943. The topological polar surface area (TPSA) is 49.3 Å². The lowest BCUT2D eigenvalue weighted by Crippen LogP contribution is -2.40. The Balaban J connectivity index is 1.67. The Morgan fingerprint density at radius 3 is 2.65 bits per heavy atom. The largest absolute Gasteiger partial charge is 0.394 e. The van der Waals surface area contributed by atoms with Gasteiger partial charge in [-0.1, -0.05) is 30.3 Å². The van der Waals surface area contributed by atoms with Gasteiger partial charge in [0.1, 0.15) is 0 Å². The Labute approximate surface area is 106 Å². The zero-order valence-corrected chi connectivity index (χ0v) is 10.5. The molecule has 1 aliphatic rings. The molecule has 2 N–H and O–H groups in total. The number of aliphatic hydroxyl groups excluding tert-OH is 1. The zero-order valence-electron chi connectivity index (χ0n) is 9.69. The molecule has 0 bridgehead atoms. The molecular weight excluding hydrogens is 234 g/mol. The number of amides is 1. The normalized spacial score (nSPS) is 16.5. The van der Waals surface area contributed by atoms with Crippen molar-refractivity contribution < 1.29 is 9.90 Å². The first-order valence-corrected chi connectivity index (χ1v) is 6.93. The van der Waals surface area contributed by atoms with Crippen LogP contribution in [0.4, 0.5) is 0 Å². The molecule has 1 aromatic carbocycles. The molecule has 92 valence electrons. The van der Waals surface area contributed by atoms with Crippen molar-refractivity contribution in [2.45, 2.75) is 24.1 Å². The fourth-order valence-corrected chi connectivity index (χ4v) is 2.43. The van der Waals surface area contributed by atoms with E-state index < -0.39 is 0 Å². The Kier molecular flexibility index (Phi) is 4.07. The van der Waals surface area contributed by atoms with E-state index in [1.54, 1.807) is 11.8 Å². The second-order valence-corrected chi connectivity index (χ2v) is 5.45. The first-order chi connectivity index (χ1) is 8.24. The molecule has 0 radical (unpaired) electrons. The summed E-state index contributed by atoms with van der Waals surface area (Å²) in [7, 11) is 0. The van der Waals surface area contributed by atoms with E-state index in [1.807, 2.05) is 18.2 Å². The molecular formula is C13H17NO2S. The molecule has 0 aromatic heterocycles. The maximum Gasteiger partial charge on any atom is 0.230 e. The first-order valence-electron chi connectivity index (χ1n) is 5.78. The summed E-state index contributed by atoms with van der Waals surface area (Å²) in [4.78, 5) is 11.6. The van der Waals surface area contributed by atoms with E-state index in [0.717, 1.165) is 18.6 Å². The summed E-state index contributed by atoms with van der Waals surface area (Å²) in [6.07, 6.45) is 1.80. The molecule has 2 rings (SSSR count). The molecule has 0 spiro atoms. The van der Waals surface area contributed by atoms with E-state index in [9.17, 15) is 4.79 Å². The quantitative estimate of drug-likeness (QED) is 0.806. The average molecular weight is 251 g/mol. The lowest BCUT2D eigenvalue weighted by molar-refractivity contribution is -0.119. The van der Waals surface area contributed by atoms with Gasteiger partial charge in [0.2, 0.25) is 5.91 Å². The molecule has 1 fully saturated rings. The van der Waals surface area contributed by atoms with E-state index >= 15 is 0 Å². The minimum atomic E-state index is -0.287. The van der Waals surface area contributed by atoms with Crippen LogP contribution in [0.2, 0.25) is 0 Å². The molecule has 3 nitrogen and oxygen atoms in total. The van der Waals surface area contributed by atoms with Gasteiger partial charge < -0.3 is 10.4 Å². The lowest BCUT2D eigenvalue weighted by Gasteiger charge is -2.13. The zero-order chi connectivity index (χ0) is 12.1. The first kappa shape index (κ1) is 12.5. The Morgan fingerprint density at radius 2 is 2.06 bits per heavy atom. The monoisotopic (exact) mass is 251 g/mol. The third-order valence-corrected chi connectivity index (χ3v) is 3.91. The second-order valence-electron chi connectivity index (χ2n) is 4.47. The van der Waals surface area contributed by atoms with Crippen molar-refractivity contribution >= 4 is 17.7 Å². The van der Waals surface area contributed by atoms with Crippen molar-refractivity contribution in [1.29, 1.82) is 0 Å². The summed E-state index contributed by atoms with van der Waals surface area (Å²) in [5, 5.41) is 12.0. The highest BCUT2D eigenvalue weighted by atomic mass is 32.2. The Morgan fingerprint density at radius 1 is 1.35 bits per heavy atom. The summed E-state index contributed by atoms with van der Waals surface area (Å²) in [6, 6.07) is 10.1. The van der Waals surface area contributed by atoms with Crippen LogP contribution in [-0.4, -0.2) is 28.9 Å². The molecule has 1 amide bonds. The van der Waals surface area contributed by atoms with E-state index in [0.29, 0.717) is 5.75 Å². The highest BCUT2D eigenvalue weighted by Gasteiger charge is 2.43. The van der Waals surface area contributed by atoms with Crippen molar-refractivity contribution in [1.82, 2.24) is 5.32 Å². The van der Waals surface area contributed by atoms with Crippen LogP contribution in [-0.2, 0) is 10.5 Å². The summed E-state index contributed by atoms with van der Waals surface area (Å²) in [6.45, 7) is 0.0576. The molecule has 1 saturated carbocycles. The SMILES string of the molecule is O=C(CSCc1ccccc1)NC1(CO)CC1. The highest BCUT2D eigenvalue weighted by Crippen LogP contribution is 2.34. The van der Waals surface area contributed by atoms with E-state index in [4.69, 9.17) is 5.11 Å². The van der Waals surface area contributed by atoms with Crippen molar-refractivity contribution in [2.24, 2.45) is 0 Å². The average Bonchev–Trinajstić information content (AvgIpc) is 3.11. The van der Waals surface area contributed by atoms with Crippen LogP contribution in [0.25, 0.3) is 0 Å². The fourth-order valence-electron chi connectivity index (χ4n) is 1.64. The molecule has 0 aliphatic heterocycles. The number of nitrogens with one attached hydrogen (secondary N) is 1. The molecule has 0 unspecified atom stereocenters. The number of hydrogen-bond donors (Lipinski definition) is 2. The van der Waals surface area contributed by atoms with Crippen LogP contribution in [0.15, 0.2) is 30.3 Å². The highest BCUT2D eigenvalue weighted by molar-refractivity contribution is 7.99. The maximum atomic E-state index is 11.6. The Bertz CT molecular complexity index is 376. The third-order valence-electron chi connectivity index (χ3n) is 2.91. The van der Waals surface area contributed by atoms with E-state index in [-0.39, 0.29) is 18.1 Å². The van der Waals surface area contributed by atoms with Gasteiger partial charge in [0, 0.05) is 5.75 Å². The van der Waals surface area contributed by atoms with Gasteiger partial charge in [-0.3, -0.25) is 4.79 Å². The van der Waals surface area contributed by atoms with Gasteiger partial charge in [-0.2, -0.15) is 0 Å². The van der Waals surface area contributed by atoms with Crippen LogP contribution in [0.3, 0.4) is 0 Å². The van der Waals surface area contributed by atoms with Crippen LogP contribution < -0.4 is 5.32 Å². The van der Waals surface area contributed by atoms with Gasteiger partial charge in [-0.25, -0.2) is 0 Å². The van der Waals surface area contributed by atoms with Crippen LogP contribution in [0.1, 0.15) is 18.4 Å². The molecule has 1 aromatic rings. The van der Waals surface area contributed by atoms with Crippen molar-refractivity contribution in [2.75, 3.05) is 12.4 Å². The fraction of sp³-hybridized carbons (Fsp3) is 0.462. The summed E-state index contributed by atoms with van der Waals surface area (Å²) in [5.74, 6) is 1.33. The number of rotatable bonds is 6. The number of thioether (sulfide) groups is 1. The number of benzene rings is 1. The predicted octanol–water partition coefficient (Wildman–Crippen LogP) is 1.56. The predicted molar refractivity (Wildman–Crippen MR) is 69.8 cm³/mol. The van der Waals surface area contributed by atoms with Crippen molar-refractivity contribution in [3.63, 3.8) is 0 Å². The molecule has 0 atom stereocenters. The van der Waals surface area contributed by atoms with Crippen LogP contribution in [0, 0.1) is 0 Å². The van der Waals surface area contributed by atoms with Gasteiger partial charge in [-0.05, 0) is 18.4 Å². The minimum absolute atomic E-state index is 0.0254. The maximum absolute atomic E-state index is 11.6. The van der Waals surface area contributed by atoms with Crippen LogP contribution in [0.5, 0.6) is 0 Å². The van der Waals surface area contributed by atoms with Crippen molar-refractivity contribution in [3.8, 4) is 0 Å². The molecule has 0 heterocycles. The van der Waals surface area contributed by atoms with Gasteiger partial charge in [0.15, 0.2) is 0 Å². The van der Waals surface area contributed by atoms with Gasteiger partial charge in [0.25, 0.3) is 0 Å². The number of carbonyl (C=O) groups is 1. The van der Waals surface area contributed by atoms with Gasteiger partial charge in [-0.15, -0.1) is 11.8 Å². The van der Waals surface area contributed by atoms with E-state index in [1.165, 1.54) is 5.56 Å². The molecule has 1 aliphatic carbocycles. The number of hydrogen-bond acceptors (Lipinski definition) is 3. The molecule has 0 saturated heterocycles. The van der Waals surface area contributed by atoms with Crippen molar-refractivity contribution in [3.05, 3.63) is 35.9 Å². The van der Waals surface area contributed by atoms with Crippen LogP contribution >= 0.6 is 11.8 Å². The van der Waals surface area contributed by atoms with Gasteiger partial charge in [0.05, 0.1) is 17.9 Å². The summed E-state index contributed by atoms with van der Waals surface area (Å²) >= 11 is 1.60.